The molecule has 4 aromatic rings. The van der Waals surface area contributed by atoms with Crippen molar-refractivity contribution in [2.45, 2.75) is 23.0 Å². The van der Waals surface area contributed by atoms with E-state index < -0.39 is 0 Å². The Kier molecular flexibility index (Phi) is 5.36. The molecule has 0 aliphatic rings. The molecule has 0 radical (unpaired) electrons. The number of hydrogen-bond acceptors (Lipinski definition) is 7. The number of benzene rings is 1. The minimum absolute atomic E-state index is 0.179. The first-order valence-electron chi connectivity index (χ1n) is 8.58. The molecule has 0 saturated carbocycles. The lowest BCUT2D eigenvalue weighted by molar-refractivity contribution is 0.394. The van der Waals surface area contributed by atoms with Crippen molar-refractivity contribution in [3.05, 3.63) is 52.4 Å². The first-order valence-corrected chi connectivity index (χ1v) is 10.3. The third kappa shape index (κ3) is 3.76. The highest BCUT2D eigenvalue weighted by atomic mass is 32.2. The van der Waals surface area contributed by atoms with Crippen LogP contribution in [0.1, 0.15) is 5.56 Å². The summed E-state index contributed by atoms with van der Waals surface area (Å²) >= 11 is 3.12. The summed E-state index contributed by atoms with van der Waals surface area (Å²) in [5, 5.41) is 13.0. The van der Waals surface area contributed by atoms with E-state index >= 15 is 0 Å². The summed E-state index contributed by atoms with van der Waals surface area (Å²) < 4.78 is 12.7. The van der Waals surface area contributed by atoms with Crippen LogP contribution in [0, 0.1) is 5.41 Å². The lowest BCUT2D eigenvalue weighted by Gasteiger charge is -2.08. The van der Waals surface area contributed by atoms with Gasteiger partial charge in [-0.2, -0.15) is 11.3 Å². The van der Waals surface area contributed by atoms with E-state index in [1.54, 1.807) is 31.9 Å². The van der Waals surface area contributed by atoms with Crippen LogP contribution < -0.4 is 15.0 Å². The van der Waals surface area contributed by atoms with Gasteiger partial charge in [0.15, 0.2) is 16.3 Å². The summed E-state index contributed by atoms with van der Waals surface area (Å²) in [5.74, 6) is 1.48. The Hall–Kier alpha value is -2.78. The molecule has 7 nitrogen and oxygen atoms in total. The van der Waals surface area contributed by atoms with E-state index in [1.807, 2.05) is 22.8 Å². The topological polar surface area (TPSA) is 88.8 Å². The first kappa shape index (κ1) is 18.6. The Morgan fingerprint density at radius 2 is 2.14 bits per heavy atom. The van der Waals surface area contributed by atoms with Crippen molar-refractivity contribution >= 4 is 34.3 Å². The van der Waals surface area contributed by atoms with E-state index in [-0.39, 0.29) is 5.49 Å². The number of thiophene rings is 1. The molecule has 3 aromatic heterocycles. The fourth-order valence-electron chi connectivity index (χ4n) is 2.83. The Bertz CT molecular complexity index is 1150. The molecular formula is C19H19N5O2S2. The summed E-state index contributed by atoms with van der Waals surface area (Å²) in [4.78, 5) is 13.0. The van der Waals surface area contributed by atoms with Crippen LogP contribution >= 0.6 is 23.1 Å². The van der Waals surface area contributed by atoms with Gasteiger partial charge >= 0.3 is 0 Å². The van der Waals surface area contributed by atoms with E-state index in [0.29, 0.717) is 10.7 Å². The molecule has 0 fully saturated rings. The molecule has 2 N–H and O–H groups in total. The number of nitrogens with zero attached hydrogens (tertiary/aromatic N) is 3. The van der Waals surface area contributed by atoms with Crippen LogP contribution in [-0.2, 0) is 13.0 Å². The number of methoxy groups -OCH3 is 2. The van der Waals surface area contributed by atoms with Gasteiger partial charge in [0.25, 0.3) is 0 Å². The number of nitrogens with one attached hydrogen (secondary N) is 2. The van der Waals surface area contributed by atoms with Gasteiger partial charge < -0.3 is 19.0 Å². The van der Waals surface area contributed by atoms with Gasteiger partial charge in [-0.05, 0) is 58.8 Å². The Balaban J connectivity index is 1.67. The number of fused-ring (bicyclic) bond motifs is 1. The van der Waals surface area contributed by atoms with Crippen LogP contribution in [0.3, 0.4) is 0 Å². The Morgan fingerprint density at radius 1 is 1.25 bits per heavy atom. The summed E-state index contributed by atoms with van der Waals surface area (Å²) in [7, 11) is 3.26. The molecule has 1 aromatic carbocycles. The van der Waals surface area contributed by atoms with Gasteiger partial charge in [-0.3, -0.25) is 5.41 Å². The van der Waals surface area contributed by atoms with Crippen molar-refractivity contribution in [3.63, 3.8) is 0 Å². The standard InChI is InChI=1S/C19H19N5O2S2/c1-25-13-3-4-14(26-2)15(9-13)28-19-22-16-17(20)21-11-24(18(16)23-19)7-5-12-6-8-27-10-12/h3-4,6,8-11,20H,5,7H2,1-2H3,(H,22,23). The monoisotopic (exact) mass is 413 g/mol. The maximum Gasteiger partial charge on any atom is 0.173 e. The van der Waals surface area contributed by atoms with Crippen LogP contribution in [0.15, 0.2) is 51.4 Å². The van der Waals surface area contributed by atoms with Gasteiger partial charge in [-0.1, -0.05) is 0 Å². The molecule has 4 rings (SSSR count). The van der Waals surface area contributed by atoms with Crippen molar-refractivity contribution in [1.29, 1.82) is 5.41 Å². The second-order valence-corrected chi connectivity index (χ2v) is 7.84. The predicted molar refractivity (Wildman–Crippen MR) is 109 cm³/mol. The molecule has 9 heteroatoms. The molecule has 0 aliphatic carbocycles. The van der Waals surface area contributed by atoms with Crippen LogP contribution in [0.2, 0.25) is 0 Å². The number of hydrogen-bond donors (Lipinski definition) is 2. The van der Waals surface area contributed by atoms with E-state index in [1.165, 1.54) is 17.3 Å². The molecule has 0 saturated heterocycles. The lowest BCUT2D eigenvalue weighted by atomic mass is 10.2. The molecular weight excluding hydrogens is 394 g/mol. The fraction of sp³-hybridized carbons (Fsp3) is 0.211. The maximum atomic E-state index is 8.12. The number of aromatic nitrogens is 4. The van der Waals surface area contributed by atoms with Gasteiger partial charge in [0.05, 0.1) is 25.4 Å². The average molecular weight is 414 g/mol. The van der Waals surface area contributed by atoms with Crippen LogP contribution in [0.25, 0.3) is 11.2 Å². The number of H-pyrrole nitrogens is 1. The smallest absolute Gasteiger partial charge is 0.173 e. The van der Waals surface area contributed by atoms with Crippen molar-refractivity contribution in [1.82, 2.24) is 19.5 Å². The number of rotatable bonds is 7. The maximum absolute atomic E-state index is 8.12. The quantitative estimate of drug-likeness (QED) is 0.482. The molecule has 28 heavy (non-hydrogen) atoms. The number of ether oxygens (including phenoxy) is 2. The molecule has 3 heterocycles. The molecule has 0 atom stereocenters. The summed E-state index contributed by atoms with van der Waals surface area (Å²) in [6, 6.07) is 7.74. The van der Waals surface area contributed by atoms with Crippen LogP contribution in [0.5, 0.6) is 11.5 Å². The van der Waals surface area contributed by atoms with E-state index in [9.17, 15) is 0 Å². The molecule has 0 spiro atoms. The van der Waals surface area contributed by atoms with Gasteiger partial charge in [0.2, 0.25) is 0 Å². The van der Waals surface area contributed by atoms with Crippen molar-refractivity contribution in [2.75, 3.05) is 14.2 Å². The molecule has 0 aliphatic heterocycles. The third-order valence-corrected chi connectivity index (χ3v) is 5.95. The highest BCUT2D eigenvalue weighted by molar-refractivity contribution is 7.99. The predicted octanol–water partition coefficient (Wildman–Crippen LogP) is 3.71. The highest BCUT2D eigenvalue weighted by Crippen LogP contribution is 2.36. The van der Waals surface area contributed by atoms with Gasteiger partial charge in [0, 0.05) is 6.54 Å². The average Bonchev–Trinajstić information content (AvgIpc) is 3.38. The van der Waals surface area contributed by atoms with Crippen molar-refractivity contribution in [3.8, 4) is 11.5 Å². The van der Waals surface area contributed by atoms with Gasteiger partial charge in [0.1, 0.15) is 17.0 Å². The zero-order valence-corrected chi connectivity index (χ0v) is 17.1. The SMILES string of the molecule is COc1ccc(OC)c(Sc2nc3c([nH]2)c(=N)ncn3CCc2ccsc2)c1. The summed E-state index contributed by atoms with van der Waals surface area (Å²) in [6.45, 7) is 0.748. The number of imidazole rings is 1. The number of aryl methyl sites for hydroxylation is 2. The molecule has 144 valence electrons. The summed E-state index contributed by atoms with van der Waals surface area (Å²) in [5.41, 5.74) is 2.81. The third-order valence-electron chi connectivity index (χ3n) is 4.30. The normalized spacial score (nSPS) is 11.1. The minimum atomic E-state index is 0.179. The molecule has 0 bridgehead atoms. The second kappa shape index (κ2) is 8.07. The Labute approximate surface area is 169 Å². The zero-order valence-electron chi connectivity index (χ0n) is 15.4. The van der Waals surface area contributed by atoms with Crippen LogP contribution in [0.4, 0.5) is 0 Å². The van der Waals surface area contributed by atoms with Gasteiger partial charge in [-0.15, -0.1) is 0 Å². The molecule has 0 unspecified atom stereocenters. The van der Waals surface area contributed by atoms with Crippen LogP contribution in [-0.4, -0.2) is 33.7 Å². The van der Waals surface area contributed by atoms with E-state index in [4.69, 9.17) is 19.9 Å². The van der Waals surface area contributed by atoms with Crippen molar-refractivity contribution in [2.24, 2.45) is 0 Å². The van der Waals surface area contributed by atoms with Crippen molar-refractivity contribution < 1.29 is 9.47 Å². The fourth-order valence-corrected chi connectivity index (χ4v) is 4.45. The second-order valence-electron chi connectivity index (χ2n) is 6.03. The lowest BCUT2D eigenvalue weighted by Crippen LogP contribution is -2.13. The summed E-state index contributed by atoms with van der Waals surface area (Å²) in [6.07, 6.45) is 2.57. The molecule has 0 amide bonds. The first-order chi connectivity index (χ1) is 13.7. The zero-order chi connectivity index (χ0) is 19.5. The number of aromatic amines is 1. The Morgan fingerprint density at radius 3 is 2.89 bits per heavy atom. The van der Waals surface area contributed by atoms with E-state index in [2.05, 4.69) is 26.8 Å². The largest absolute Gasteiger partial charge is 0.497 e. The minimum Gasteiger partial charge on any atom is -0.497 e. The van der Waals surface area contributed by atoms with Gasteiger partial charge in [-0.25, -0.2) is 9.97 Å². The highest BCUT2D eigenvalue weighted by Gasteiger charge is 2.13. The van der Waals surface area contributed by atoms with E-state index in [0.717, 1.165) is 35.0 Å².